The fraction of sp³-hybridized carbons (Fsp3) is 1.00. The summed E-state index contributed by atoms with van der Waals surface area (Å²) >= 11 is 0. The number of nitrogens with zero attached hydrogens (tertiary/aromatic N) is 1. The van der Waals surface area contributed by atoms with Gasteiger partial charge in [0.1, 0.15) is 0 Å². The van der Waals surface area contributed by atoms with Crippen LogP contribution >= 0.6 is 0 Å². The summed E-state index contributed by atoms with van der Waals surface area (Å²) in [6.45, 7) is 10.1. The molecular formula is C13H28N2. The van der Waals surface area contributed by atoms with Crippen molar-refractivity contribution >= 4 is 0 Å². The largest absolute Gasteiger partial charge is 0.329 e. The van der Waals surface area contributed by atoms with Crippen LogP contribution in [0, 0.1) is 5.92 Å². The molecule has 0 atom stereocenters. The van der Waals surface area contributed by atoms with Gasteiger partial charge in [-0.2, -0.15) is 0 Å². The van der Waals surface area contributed by atoms with Gasteiger partial charge in [0, 0.05) is 12.1 Å². The molecule has 0 spiro atoms. The number of hydrogen-bond acceptors (Lipinski definition) is 2. The summed E-state index contributed by atoms with van der Waals surface area (Å²) in [7, 11) is 0. The van der Waals surface area contributed by atoms with E-state index in [1.165, 1.54) is 38.6 Å². The van der Waals surface area contributed by atoms with E-state index < -0.39 is 0 Å². The van der Waals surface area contributed by atoms with Crippen molar-refractivity contribution in [1.29, 1.82) is 0 Å². The summed E-state index contributed by atoms with van der Waals surface area (Å²) in [6.07, 6.45) is 6.57. The lowest BCUT2D eigenvalue weighted by Gasteiger charge is -2.47. The van der Waals surface area contributed by atoms with Crippen molar-refractivity contribution in [1.82, 2.24) is 4.90 Å². The molecule has 1 aliphatic carbocycles. The lowest BCUT2D eigenvalue weighted by Crippen LogP contribution is -2.55. The van der Waals surface area contributed by atoms with Crippen LogP contribution in [0.1, 0.15) is 52.9 Å². The molecule has 0 aromatic carbocycles. The fourth-order valence-electron chi connectivity index (χ4n) is 2.95. The van der Waals surface area contributed by atoms with Crippen LogP contribution in [0.5, 0.6) is 0 Å². The van der Waals surface area contributed by atoms with E-state index in [0.29, 0.717) is 5.54 Å². The smallest absolute Gasteiger partial charge is 0.0331 e. The highest BCUT2D eigenvalue weighted by Crippen LogP contribution is 2.35. The molecule has 1 aliphatic rings. The minimum Gasteiger partial charge on any atom is -0.329 e. The van der Waals surface area contributed by atoms with Gasteiger partial charge >= 0.3 is 0 Å². The quantitative estimate of drug-likeness (QED) is 0.759. The van der Waals surface area contributed by atoms with Gasteiger partial charge < -0.3 is 5.73 Å². The van der Waals surface area contributed by atoms with Gasteiger partial charge in [-0.15, -0.1) is 0 Å². The summed E-state index contributed by atoms with van der Waals surface area (Å²) in [5.41, 5.74) is 6.38. The maximum absolute atomic E-state index is 6.05. The molecule has 2 heteroatoms. The van der Waals surface area contributed by atoms with E-state index in [1.54, 1.807) is 0 Å². The molecule has 15 heavy (non-hydrogen) atoms. The van der Waals surface area contributed by atoms with E-state index in [-0.39, 0.29) is 0 Å². The van der Waals surface area contributed by atoms with Crippen molar-refractivity contribution in [3.05, 3.63) is 0 Å². The average molecular weight is 212 g/mol. The standard InChI is InChI=1S/C13H28N2/c1-4-10-15(5-2)13(11-14)8-6-12(3)7-9-13/h12H,4-11,14H2,1-3H3. The molecule has 0 heterocycles. The predicted octanol–water partition coefficient (Wildman–Crippen LogP) is 2.63. The van der Waals surface area contributed by atoms with Gasteiger partial charge in [-0.3, -0.25) is 4.90 Å². The van der Waals surface area contributed by atoms with Gasteiger partial charge in [0.05, 0.1) is 0 Å². The highest BCUT2D eigenvalue weighted by molar-refractivity contribution is 4.94. The molecule has 0 saturated heterocycles. The first kappa shape index (κ1) is 13.0. The molecule has 0 unspecified atom stereocenters. The molecule has 0 aromatic heterocycles. The van der Waals surface area contributed by atoms with Crippen LogP contribution in [0.4, 0.5) is 0 Å². The zero-order valence-corrected chi connectivity index (χ0v) is 10.8. The molecule has 0 amide bonds. The molecule has 0 bridgehead atoms. The van der Waals surface area contributed by atoms with E-state index in [2.05, 4.69) is 25.7 Å². The Labute approximate surface area is 95.2 Å². The van der Waals surface area contributed by atoms with Gasteiger partial charge in [-0.25, -0.2) is 0 Å². The van der Waals surface area contributed by atoms with E-state index in [4.69, 9.17) is 5.73 Å². The van der Waals surface area contributed by atoms with Crippen molar-refractivity contribution in [3.63, 3.8) is 0 Å². The highest BCUT2D eigenvalue weighted by Gasteiger charge is 2.37. The SMILES string of the molecule is CCCN(CC)C1(CN)CCC(C)CC1. The lowest BCUT2D eigenvalue weighted by molar-refractivity contribution is 0.0491. The second kappa shape index (κ2) is 5.86. The maximum Gasteiger partial charge on any atom is 0.0331 e. The first-order chi connectivity index (χ1) is 7.18. The maximum atomic E-state index is 6.05. The summed E-state index contributed by atoms with van der Waals surface area (Å²) in [6, 6.07) is 0. The second-order valence-corrected chi connectivity index (χ2v) is 5.19. The second-order valence-electron chi connectivity index (χ2n) is 5.19. The van der Waals surface area contributed by atoms with Crippen LogP contribution in [0.15, 0.2) is 0 Å². The van der Waals surface area contributed by atoms with Crippen LogP contribution in [-0.2, 0) is 0 Å². The Morgan fingerprint density at radius 1 is 1.27 bits per heavy atom. The van der Waals surface area contributed by atoms with Gasteiger partial charge in [-0.05, 0) is 51.1 Å². The number of nitrogens with two attached hydrogens (primary N) is 1. The van der Waals surface area contributed by atoms with Crippen molar-refractivity contribution in [2.45, 2.75) is 58.4 Å². The van der Waals surface area contributed by atoms with Crippen LogP contribution in [-0.4, -0.2) is 30.1 Å². The molecule has 2 N–H and O–H groups in total. The summed E-state index contributed by atoms with van der Waals surface area (Å²) in [5.74, 6) is 0.907. The van der Waals surface area contributed by atoms with Crippen LogP contribution in [0.2, 0.25) is 0 Å². The third kappa shape index (κ3) is 2.94. The number of hydrogen-bond donors (Lipinski definition) is 1. The Balaban J connectivity index is 2.65. The zero-order valence-electron chi connectivity index (χ0n) is 10.8. The predicted molar refractivity (Wildman–Crippen MR) is 67.0 cm³/mol. The Bertz CT molecular complexity index is 171. The van der Waals surface area contributed by atoms with Crippen LogP contribution in [0.3, 0.4) is 0 Å². The zero-order chi connectivity index (χ0) is 11.3. The summed E-state index contributed by atoms with van der Waals surface area (Å²) < 4.78 is 0. The molecule has 90 valence electrons. The molecule has 1 fully saturated rings. The highest BCUT2D eigenvalue weighted by atomic mass is 15.2. The molecule has 0 aliphatic heterocycles. The third-order valence-corrected chi connectivity index (χ3v) is 4.13. The minimum atomic E-state index is 0.331. The third-order valence-electron chi connectivity index (χ3n) is 4.13. The molecule has 0 radical (unpaired) electrons. The average Bonchev–Trinajstić information content (AvgIpc) is 2.28. The Morgan fingerprint density at radius 2 is 1.87 bits per heavy atom. The van der Waals surface area contributed by atoms with Gasteiger partial charge in [0.25, 0.3) is 0 Å². The molecule has 0 aromatic rings. The van der Waals surface area contributed by atoms with Crippen molar-refractivity contribution in [2.24, 2.45) is 11.7 Å². The van der Waals surface area contributed by atoms with E-state index in [9.17, 15) is 0 Å². The van der Waals surface area contributed by atoms with Crippen LogP contribution < -0.4 is 5.73 Å². The van der Waals surface area contributed by atoms with E-state index >= 15 is 0 Å². The topological polar surface area (TPSA) is 29.3 Å². The molecule has 1 saturated carbocycles. The minimum absolute atomic E-state index is 0.331. The number of rotatable bonds is 5. The first-order valence-electron chi connectivity index (χ1n) is 6.63. The molecular weight excluding hydrogens is 184 g/mol. The number of likely N-dealkylation sites (N-methyl/N-ethyl adjacent to an activating group) is 1. The Hall–Kier alpha value is -0.0800. The van der Waals surface area contributed by atoms with Gasteiger partial charge in [0.2, 0.25) is 0 Å². The molecule has 2 nitrogen and oxygen atoms in total. The summed E-state index contributed by atoms with van der Waals surface area (Å²) in [5, 5.41) is 0. The summed E-state index contributed by atoms with van der Waals surface area (Å²) in [4.78, 5) is 2.62. The van der Waals surface area contributed by atoms with Crippen molar-refractivity contribution in [2.75, 3.05) is 19.6 Å². The van der Waals surface area contributed by atoms with Crippen molar-refractivity contribution in [3.8, 4) is 0 Å². The lowest BCUT2D eigenvalue weighted by atomic mass is 9.76. The van der Waals surface area contributed by atoms with Crippen molar-refractivity contribution < 1.29 is 0 Å². The molecule has 1 rings (SSSR count). The van der Waals surface area contributed by atoms with Gasteiger partial charge in [0.15, 0.2) is 0 Å². The first-order valence-corrected chi connectivity index (χ1v) is 6.63. The van der Waals surface area contributed by atoms with Crippen LogP contribution in [0.25, 0.3) is 0 Å². The monoisotopic (exact) mass is 212 g/mol. The fourth-order valence-corrected chi connectivity index (χ4v) is 2.95. The normalized spacial score (nSPS) is 32.2. The Kier molecular flexibility index (Phi) is 5.07. The van der Waals surface area contributed by atoms with E-state index in [0.717, 1.165) is 19.0 Å². The Morgan fingerprint density at radius 3 is 2.27 bits per heavy atom. The van der Waals surface area contributed by atoms with Gasteiger partial charge in [-0.1, -0.05) is 20.8 Å². The van der Waals surface area contributed by atoms with E-state index in [1.807, 2.05) is 0 Å².